The van der Waals surface area contributed by atoms with Gasteiger partial charge in [-0.3, -0.25) is 4.79 Å². The molecule has 1 aromatic carbocycles. The maximum atomic E-state index is 11.1. The number of benzene rings is 1. The molecule has 0 aliphatic heterocycles. The van der Waals surface area contributed by atoms with Gasteiger partial charge in [-0.2, -0.15) is 0 Å². The molecule has 0 radical (unpaired) electrons. The minimum atomic E-state index is -0.0680. The number of furan rings is 1. The summed E-state index contributed by atoms with van der Waals surface area (Å²) in [6.45, 7) is 5.64. The molecule has 0 spiro atoms. The Labute approximate surface area is 133 Å². The van der Waals surface area contributed by atoms with E-state index in [1.807, 2.05) is 36.4 Å². The maximum absolute atomic E-state index is 11.1. The summed E-state index contributed by atoms with van der Waals surface area (Å²) in [5.41, 5.74) is 1.92. The molecule has 0 saturated heterocycles. The van der Waals surface area contributed by atoms with E-state index in [0.717, 1.165) is 21.7 Å². The quantitative estimate of drug-likeness (QED) is 0.839. The Kier molecular flexibility index (Phi) is 5.20. The van der Waals surface area contributed by atoms with Crippen molar-refractivity contribution >= 4 is 27.5 Å². The molecule has 2 unspecified atom stereocenters. The zero-order chi connectivity index (χ0) is 15.4. The van der Waals surface area contributed by atoms with E-state index in [1.54, 1.807) is 0 Å². The molecule has 0 saturated carbocycles. The lowest BCUT2D eigenvalue weighted by Gasteiger charge is -2.19. The van der Waals surface area contributed by atoms with Gasteiger partial charge < -0.3 is 15.1 Å². The number of anilines is 1. The second-order valence-electron chi connectivity index (χ2n) is 5.06. The van der Waals surface area contributed by atoms with Gasteiger partial charge in [0.05, 0.1) is 6.04 Å². The minimum Gasteiger partial charge on any atom is -0.453 e. The fourth-order valence-electron chi connectivity index (χ4n) is 2.20. The Morgan fingerprint density at radius 2 is 1.95 bits per heavy atom. The molecule has 1 aromatic heterocycles. The summed E-state index contributed by atoms with van der Waals surface area (Å²) in [6, 6.07) is 11.9. The van der Waals surface area contributed by atoms with E-state index in [1.165, 1.54) is 6.92 Å². The third kappa shape index (κ3) is 4.44. The van der Waals surface area contributed by atoms with Crippen LogP contribution in [0.4, 0.5) is 5.69 Å². The van der Waals surface area contributed by atoms with Gasteiger partial charge >= 0.3 is 0 Å². The molecule has 2 N–H and O–H groups in total. The Balaban J connectivity index is 2.05. The van der Waals surface area contributed by atoms with Gasteiger partial charge in [0.15, 0.2) is 4.67 Å². The monoisotopic (exact) mass is 350 g/mol. The van der Waals surface area contributed by atoms with Gasteiger partial charge in [0.25, 0.3) is 0 Å². The van der Waals surface area contributed by atoms with Gasteiger partial charge in [0.1, 0.15) is 5.76 Å². The molecular weight excluding hydrogens is 332 g/mol. The predicted molar refractivity (Wildman–Crippen MR) is 87.1 cm³/mol. The molecule has 112 valence electrons. The molecule has 2 atom stereocenters. The maximum Gasteiger partial charge on any atom is 0.221 e. The Morgan fingerprint density at radius 1 is 1.19 bits per heavy atom. The number of hydrogen-bond acceptors (Lipinski definition) is 3. The van der Waals surface area contributed by atoms with E-state index >= 15 is 0 Å². The van der Waals surface area contributed by atoms with E-state index in [9.17, 15) is 4.79 Å². The molecule has 2 rings (SSSR count). The van der Waals surface area contributed by atoms with Crippen LogP contribution in [0.1, 0.15) is 44.2 Å². The average molecular weight is 351 g/mol. The molecule has 0 aliphatic rings. The van der Waals surface area contributed by atoms with Crippen molar-refractivity contribution in [3.8, 4) is 0 Å². The van der Waals surface area contributed by atoms with Crippen LogP contribution in [-0.4, -0.2) is 5.91 Å². The van der Waals surface area contributed by atoms with Crippen molar-refractivity contribution in [2.24, 2.45) is 0 Å². The third-order valence-corrected chi connectivity index (χ3v) is 3.65. The Hall–Kier alpha value is -1.59. The van der Waals surface area contributed by atoms with Gasteiger partial charge in [0, 0.05) is 18.7 Å². The van der Waals surface area contributed by atoms with Crippen molar-refractivity contribution in [3.05, 3.63) is 52.4 Å². The van der Waals surface area contributed by atoms with Crippen LogP contribution in [0, 0.1) is 0 Å². The van der Waals surface area contributed by atoms with E-state index in [4.69, 9.17) is 4.42 Å². The molecule has 0 aliphatic carbocycles. The lowest BCUT2D eigenvalue weighted by atomic mass is 10.1. The molecular formula is C16H19BrN2O2. The standard InChI is InChI=1S/C16H19BrN2O2/c1-10(18-11(2)15-7-8-16(17)21-15)13-5-4-6-14(9-13)19-12(3)20/h4-11,18H,1-3H3,(H,19,20). The molecule has 0 fully saturated rings. The third-order valence-electron chi connectivity index (χ3n) is 3.23. The highest BCUT2D eigenvalue weighted by Gasteiger charge is 2.14. The normalized spacial score (nSPS) is 13.7. The summed E-state index contributed by atoms with van der Waals surface area (Å²) in [7, 11) is 0. The van der Waals surface area contributed by atoms with Crippen molar-refractivity contribution < 1.29 is 9.21 Å². The molecule has 1 amide bonds. The van der Waals surface area contributed by atoms with Crippen LogP contribution in [0.5, 0.6) is 0 Å². The molecule has 4 nitrogen and oxygen atoms in total. The highest BCUT2D eigenvalue weighted by molar-refractivity contribution is 9.10. The first-order valence-electron chi connectivity index (χ1n) is 6.84. The number of nitrogens with one attached hydrogen (secondary N) is 2. The largest absolute Gasteiger partial charge is 0.453 e. The van der Waals surface area contributed by atoms with E-state index in [-0.39, 0.29) is 18.0 Å². The summed E-state index contributed by atoms with van der Waals surface area (Å²) in [5.74, 6) is 0.813. The second-order valence-corrected chi connectivity index (χ2v) is 5.84. The molecule has 0 bridgehead atoms. The predicted octanol–water partition coefficient (Wildman–Crippen LogP) is 4.41. The highest BCUT2D eigenvalue weighted by Crippen LogP contribution is 2.24. The van der Waals surface area contributed by atoms with Gasteiger partial charge in [-0.05, 0) is 59.6 Å². The number of hydrogen-bond donors (Lipinski definition) is 2. The summed E-state index contributed by atoms with van der Waals surface area (Å²) >= 11 is 3.31. The SMILES string of the molecule is CC(=O)Nc1cccc(C(C)NC(C)c2ccc(Br)o2)c1. The van der Waals surface area contributed by atoms with Crippen molar-refractivity contribution in [1.82, 2.24) is 5.32 Å². The van der Waals surface area contributed by atoms with Crippen LogP contribution in [0.25, 0.3) is 0 Å². The number of amides is 1. The van der Waals surface area contributed by atoms with Crippen molar-refractivity contribution in [2.45, 2.75) is 32.9 Å². The lowest BCUT2D eigenvalue weighted by molar-refractivity contribution is -0.114. The zero-order valence-electron chi connectivity index (χ0n) is 12.3. The average Bonchev–Trinajstić information content (AvgIpc) is 2.85. The summed E-state index contributed by atoms with van der Waals surface area (Å²) in [5, 5.41) is 6.28. The molecule has 21 heavy (non-hydrogen) atoms. The number of carbonyl (C=O) groups excluding carboxylic acids is 1. The molecule has 1 heterocycles. The topological polar surface area (TPSA) is 54.3 Å². The van der Waals surface area contributed by atoms with Crippen molar-refractivity contribution in [1.29, 1.82) is 0 Å². The van der Waals surface area contributed by atoms with E-state index in [0.29, 0.717) is 0 Å². The van der Waals surface area contributed by atoms with Crippen LogP contribution in [0.2, 0.25) is 0 Å². The van der Waals surface area contributed by atoms with E-state index in [2.05, 4.69) is 40.4 Å². The minimum absolute atomic E-state index is 0.0680. The molecule has 5 heteroatoms. The van der Waals surface area contributed by atoms with Crippen molar-refractivity contribution in [2.75, 3.05) is 5.32 Å². The second kappa shape index (κ2) is 6.91. The van der Waals surface area contributed by atoms with Gasteiger partial charge in [0.2, 0.25) is 5.91 Å². The fraction of sp³-hybridized carbons (Fsp3) is 0.312. The van der Waals surface area contributed by atoms with Gasteiger partial charge in [-0.25, -0.2) is 0 Å². The smallest absolute Gasteiger partial charge is 0.221 e. The first-order chi connectivity index (χ1) is 9.95. The highest BCUT2D eigenvalue weighted by atomic mass is 79.9. The van der Waals surface area contributed by atoms with Crippen LogP contribution in [0.15, 0.2) is 45.5 Å². The molecule has 2 aromatic rings. The van der Waals surface area contributed by atoms with Gasteiger partial charge in [-0.1, -0.05) is 12.1 Å². The number of rotatable bonds is 5. The van der Waals surface area contributed by atoms with Gasteiger partial charge in [-0.15, -0.1) is 0 Å². The summed E-state index contributed by atoms with van der Waals surface area (Å²) in [4.78, 5) is 11.1. The lowest BCUT2D eigenvalue weighted by Crippen LogP contribution is -2.22. The van der Waals surface area contributed by atoms with E-state index < -0.39 is 0 Å². The van der Waals surface area contributed by atoms with Crippen LogP contribution in [0.3, 0.4) is 0 Å². The summed E-state index contributed by atoms with van der Waals surface area (Å²) < 4.78 is 6.28. The fourth-order valence-corrected chi connectivity index (χ4v) is 2.52. The number of halogens is 1. The Bertz CT molecular complexity index is 624. The van der Waals surface area contributed by atoms with Crippen LogP contribution < -0.4 is 10.6 Å². The van der Waals surface area contributed by atoms with Crippen molar-refractivity contribution in [3.63, 3.8) is 0 Å². The van der Waals surface area contributed by atoms with Crippen LogP contribution >= 0.6 is 15.9 Å². The zero-order valence-corrected chi connectivity index (χ0v) is 13.9. The van der Waals surface area contributed by atoms with Crippen LogP contribution in [-0.2, 0) is 4.79 Å². The first kappa shape index (κ1) is 15.8. The number of carbonyl (C=O) groups is 1. The Morgan fingerprint density at radius 3 is 2.57 bits per heavy atom. The first-order valence-corrected chi connectivity index (χ1v) is 7.64. The summed E-state index contributed by atoms with van der Waals surface area (Å²) in [6.07, 6.45) is 0.